The van der Waals surface area contributed by atoms with Gasteiger partial charge in [-0.05, 0) is 36.6 Å². The molecule has 0 aromatic rings. The maximum Gasteiger partial charge on any atom is 0.150 e. The maximum atomic E-state index is 6.33. The topological polar surface area (TPSA) is 0 Å². The van der Waals surface area contributed by atoms with E-state index in [1.165, 1.54) is 25.3 Å². The molecule has 0 radical (unpaired) electrons. The highest BCUT2D eigenvalue weighted by Gasteiger charge is 2.36. The van der Waals surface area contributed by atoms with Gasteiger partial charge >= 0.3 is 0 Å². The van der Waals surface area contributed by atoms with Crippen molar-refractivity contribution in [3.8, 4) is 0 Å². The van der Waals surface area contributed by atoms with E-state index in [4.69, 9.17) is 11.1 Å². The van der Waals surface area contributed by atoms with Crippen LogP contribution in [0.25, 0.3) is 0 Å². The van der Waals surface area contributed by atoms with E-state index in [1.807, 2.05) is 0 Å². The lowest BCUT2D eigenvalue weighted by molar-refractivity contribution is 0.433. The highest BCUT2D eigenvalue weighted by atomic mass is 35.6. The summed E-state index contributed by atoms with van der Waals surface area (Å²) < 4.78 is 0. The fourth-order valence-electron chi connectivity index (χ4n) is 2.76. The van der Waals surface area contributed by atoms with Crippen LogP contribution in [0, 0.1) is 17.8 Å². The third-order valence-corrected chi connectivity index (χ3v) is 5.57. The summed E-state index contributed by atoms with van der Waals surface area (Å²) >= 11 is 6.33. The monoisotopic (exact) mass is 214 g/mol. The third kappa shape index (κ3) is 2.38. The summed E-state index contributed by atoms with van der Waals surface area (Å²) in [5.74, 6) is 2.81. The Kier molecular flexibility index (Phi) is 2.58. The van der Waals surface area contributed by atoms with E-state index in [1.54, 1.807) is 0 Å². The van der Waals surface area contributed by atoms with Crippen molar-refractivity contribution in [3.63, 3.8) is 0 Å². The molecule has 3 unspecified atom stereocenters. The van der Waals surface area contributed by atoms with Gasteiger partial charge in [-0.1, -0.05) is 31.7 Å². The molecule has 0 aromatic carbocycles. The number of hydrogen-bond donors (Lipinski definition) is 0. The van der Waals surface area contributed by atoms with Crippen molar-refractivity contribution in [2.45, 2.75) is 38.4 Å². The Balaban J connectivity index is 1.81. The van der Waals surface area contributed by atoms with Crippen LogP contribution >= 0.6 is 11.1 Å². The predicted molar refractivity (Wildman–Crippen MR) is 61.6 cm³/mol. The number of fused-ring (bicyclic) bond motifs is 2. The van der Waals surface area contributed by atoms with Gasteiger partial charge in [0.05, 0.1) is 0 Å². The van der Waals surface area contributed by atoms with E-state index in [2.05, 4.69) is 25.2 Å². The van der Waals surface area contributed by atoms with E-state index >= 15 is 0 Å². The van der Waals surface area contributed by atoms with Gasteiger partial charge in [0.25, 0.3) is 0 Å². The molecule has 74 valence electrons. The summed E-state index contributed by atoms with van der Waals surface area (Å²) in [5.41, 5.74) is 0. The molecule has 0 saturated heterocycles. The Hall–Kier alpha value is 0.247. The first kappa shape index (κ1) is 9.79. The lowest BCUT2D eigenvalue weighted by Crippen LogP contribution is -2.18. The zero-order chi connectivity index (χ0) is 9.47. The molecule has 2 aliphatic rings. The van der Waals surface area contributed by atoms with Gasteiger partial charge in [-0.2, -0.15) is 11.1 Å². The average molecular weight is 215 g/mol. The number of halogens is 1. The number of allylic oxidation sites excluding steroid dienone is 2. The highest BCUT2D eigenvalue weighted by Crippen LogP contribution is 2.46. The van der Waals surface area contributed by atoms with Crippen LogP contribution in [0.3, 0.4) is 0 Å². The normalized spacial score (nSPS) is 37.3. The molecule has 13 heavy (non-hydrogen) atoms. The SMILES string of the molecule is C[Si](C)(Cl)CCC1CC2C=CC1C2. The molecule has 2 rings (SSSR count). The Morgan fingerprint density at radius 2 is 2.08 bits per heavy atom. The van der Waals surface area contributed by atoms with E-state index < -0.39 is 7.38 Å². The van der Waals surface area contributed by atoms with Crippen LogP contribution in [0.1, 0.15) is 19.3 Å². The van der Waals surface area contributed by atoms with Gasteiger partial charge in [-0.3, -0.25) is 0 Å². The molecule has 0 aliphatic heterocycles. The summed E-state index contributed by atoms with van der Waals surface area (Å²) in [6.45, 7) is 4.52. The zero-order valence-corrected chi connectivity index (χ0v) is 10.3. The second kappa shape index (κ2) is 3.43. The van der Waals surface area contributed by atoms with Crippen LogP contribution < -0.4 is 0 Å². The van der Waals surface area contributed by atoms with Gasteiger partial charge in [0.2, 0.25) is 0 Å². The molecular weight excluding hydrogens is 196 g/mol. The van der Waals surface area contributed by atoms with E-state index in [0.29, 0.717) is 0 Å². The van der Waals surface area contributed by atoms with Gasteiger partial charge in [0, 0.05) is 0 Å². The largest absolute Gasteiger partial charge is 0.168 e. The molecule has 0 nitrogen and oxygen atoms in total. The first-order chi connectivity index (χ1) is 6.04. The van der Waals surface area contributed by atoms with Crippen LogP contribution in [-0.4, -0.2) is 7.38 Å². The Morgan fingerprint density at radius 1 is 1.31 bits per heavy atom. The summed E-state index contributed by atoms with van der Waals surface area (Å²) in [7, 11) is -1.30. The van der Waals surface area contributed by atoms with Gasteiger partial charge in [0.15, 0.2) is 7.38 Å². The van der Waals surface area contributed by atoms with Crippen LogP contribution in [-0.2, 0) is 0 Å². The molecule has 3 atom stereocenters. The van der Waals surface area contributed by atoms with E-state index in [9.17, 15) is 0 Å². The average Bonchev–Trinajstić information content (AvgIpc) is 2.58. The molecule has 2 bridgehead atoms. The fourth-order valence-corrected chi connectivity index (χ4v) is 4.14. The Bertz CT molecular complexity index is 217. The smallest absolute Gasteiger partial charge is 0.150 e. The Morgan fingerprint density at radius 3 is 2.54 bits per heavy atom. The van der Waals surface area contributed by atoms with Crippen molar-refractivity contribution < 1.29 is 0 Å². The quantitative estimate of drug-likeness (QED) is 0.378. The summed E-state index contributed by atoms with van der Waals surface area (Å²) in [6.07, 6.45) is 9.14. The second-order valence-electron chi connectivity index (χ2n) is 5.30. The molecule has 1 saturated carbocycles. The minimum atomic E-state index is -1.30. The second-order valence-corrected chi connectivity index (χ2v) is 12.3. The molecule has 0 aromatic heterocycles. The van der Waals surface area contributed by atoms with Crippen molar-refractivity contribution in [1.82, 2.24) is 0 Å². The molecule has 0 spiro atoms. The molecule has 2 heteroatoms. The van der Waals surface area contributed by atoms with E-state index in [0.717, 1.165) is 17.8 Å². The van der Waals surface area contributed by atoms with E-state index in [-0.39, 0.29) is 0 Å². The summed E-state index contributed by atoms with van der Waals surface area (Å²) in [4.78, 5) is 0. The van der Waals surface area contributed by atoms with Crippen LogP contribution in [0.5, 0.6) is 0 Å². The maximum absolute atomic E-state index is 6.33. The zero-order valence-electron chi connectivity index (χ0n) is 8.59. The summed E-state index contributed by atoms with van der Waals surface area (Å²) in [6, 6.07) is 1.30. The minimum Gasteiger partial charge on any atom is -0.168 e. The number of hydrogen-bond acceptors (Lipinski definition) is 0. The van der Waals surface area contributed by atoms with Crippen molar-refractivity contribution in [3.05, 3.63) is 12.2 Å². The highest BCUT2D eigenvalue weighted by molar-refractivity contribution is 7.19. The molecule has 0 N–H and O–H groups in total. The first-order valence-electron chi connectivity index (χ1n) is 5.42. The van der Waals surface area contributed by atoms with Crippen molar-refractivity contribution in [2.24, 2.45) is 17.8 Å². The lowest BCUT2D eigenvalue weighted by Gasteiger charge is -2.21. The van der Waals surface area contributed by atoms with Crippen molar-refractivity contribution in [2.75, 3.05) is 0 Å². The van der Waals surface area contributed by atoms with Crippen LogP contribution in [0.2, 0.25) is 19.1 Å². The number of rotatable bonds is 3. The van der Waals surface area contributed by atoms with Crippen molar-refractivity contribution >= 4 is 18.5 Å². The predicted octanol–water partition coefficient (Wildman–Crippen LogP) is 4.03. The Labute approximate surface area is 87.1 Å². The van der Waals surface area contributed by atoms with Crippen LogP contribution in [0.4, 0.5) is 0 Å². The van der Waals surface area contributed by atoms with Gasteiger partial charge in [-0.15, -0.1) is 0 Å². The minimum absolute atomic E-state index is 0.915. The van der Waals surface area contributed by atoms with Crippen molar-refractivity contribution in [1.29, 1.82) is 0 Å². The fraction of sp³-hybridized carbons (Fsp3) is 0.818. The standard InChI is InChI=1S/C11H19ClSi/c1-13(2,12)6-5-11-8-9-3-4-10(11)7-9/h3-4,9-11H,5-8H2,1-2H3. The molecular formula is C11H19ClSi. The lowest BCUT2D eigenvalue weighted by atomic mass is 9.91. The van der Waals surface area contributed by atoms with Gasteiger partial charge in [0.1, 0.15) is 0 Å². The van der Waals surface area contributed by atoms with Crippen LogP contribution in [0.15, 0.2) is 12.2 Å². The molecule has 2 aliphatic carbocycles. The molecule has 0 amide bonds. The summed E-state index contributed by atoms with van der Waals surface area (Å²) in [5, 5.41) is 0. The molecule has 1 fully saturated rings. The first-order valence-corrected chi connectivity index (χ1v) is 9.64. The molecule has 0 heterocycles. The van der Waals surface area contributed by atoms with Gasteiger partial charge in [-0.25, -0.2) is 0 Å². The van der Waals surface area contributed by atoms with Gasteiger partial charge < -0.3 is 0 Å². The third-order valence-electron chi connectivity index (χ3n) is 3.53.